The second-order valence-electron chi connectivity index (χ2n) is 2.77. The fourth-order valence-electron chi connectivity index (χ4n) is 1.34. The summed E-state index contributed by atoms with van der Waals surface area (Å²) in [6.07, 6.45) is 7.75. The van der Waals surface area contributed by atoms with Gasteiger partial charge < -0.3 is 4.98 Å². The number of carbonyl (C=O) groups excluding carboxylic acids is 1. The average Bonchev–Trinajstić information content (AvgIpc) is 2.59. The lowest BCUT2D eigenvalue weighted by atomic mass is 10.1. The van der Waals surface area contributed by atoms with Crippen molar-refractivity contribution < 1.29 is 4.79 Å². The number of hydrogen-bond acceptors (Lipinski definition) is 1. The summed E-state index contributed by atoms with van der Waals surface area (Å²) in [5.74, 6) is 2.54. The van der Waals surface area contributed by atoms with E-state index in [1.54, 1.807) is 6.20 Å². The molecule has 0 saturated carbocycles. The summed E-state index contributed by atoms with van der Waals surface area (Å²) >= 11 is 0. The van der Waals surface area contributed by atoms with Crippen LogP contribution in [0, 0.1) is 12.3 Å². The lowest BCUT2D eigenvalue weighted by Gasteiger charge is -1.91. The first-order valence-electron chi connectivity index (χ1n) is 3.88. The van der Waals surface area contributed by atoms with Crippen molar-refractivity contribution in [3.63, 3.8) is 0 Å². The van der Waals surface area contributed by atoms with E-state index in [-0.39, 0.29) is 0 Å². The van der Waals surface area contributed by atoms with Gasteiger partial charge in [-0.3, -0.25) is 4.79 Å². The molecule has 0 aliphatic heterocycles. The molecule has 62 valence electrons. The van der Waals surface area contributed by atoms with E-state index in [4.69, 9.17) is 6.42 Å². The quantitative estimate of drug-likeness (QED) is 0.513. The topological polar surface area (TPSA) is 32.9 Å². The summed E-state index contributed by atoms with van der Waals surface area (Å²) in [4.78, 5) is 13.6. The van der Waals surface area contributed by atoms with Crippen molar-refractivity contribution in [2.24, 2.45) is 0 Å². The predicted molar refractivity (Wildman–Crippen MR) is 51.6 cm³/mol. The van der Waals surface area contributed by atoms with Crippen LogP contribution < -0.4 is 0 Å². The Morgan fingerprint density at radius 3 is 3.00 bits per heavy atom. The van der Waals surface area contributed by atoms with E-state index in [0.717, 1.165) is 22.8 Å². The molecular weight excluding hydrogens is 162 g/mol. The molecule has 13 heavy (non-hydrogen) atoms. The maximum Gasteiger partial charge on any atom is 0.152 e. The van der Waals surface area contributed by atoms with Gasteiger partial charge in [0, 0.05) is 28.2 Å². The summed E-state index contributed by atoms with van der Waals surface area (Å²) in [5.41, 5.74) is 2.38. The van der Waals surface area contributed by atoms with E-state index in [1.807, 2.05) is 18.2 Å². The molecule has 2 nitrogen and oxygen atoms in total. The van der Waals surface area contributed by atoms with Crippen LogP contribution in [0.2, 0.25) is 0 Å². The van der Waals surface area contributed by atoms with Gasteiger partial charge in [-0.25, -0.2) is 0 Å². The van der Waals surface area contributed by atoms with Gasteiger partial charge >= 0.3 is 0 Å². The average molecular weight is 169 g/mol. The monoisotopic (exact) mass is 169 g/mol. The molecule has 1 aromatic carbocycles. The van der Waals surface area contributed by atoms with Gasteiger partial charge in [0.15, 0.2) is 6.29 Å². The third kappa shape index (κ3) is 1.11. The van der Waals surface area contributed by atoms with Gasteiger partial charge in [0.25, 0.3) is 0 Å². The van der Waals surface area contributed by atoms with Crippen LogP contribution in [0.15, 0.2) is 24.4 Å². The third-order valence-electron chi connectivity index (χ3n) is 2.01. The molecule has 0 aliphatic carbocycles. The Balaban J connectivity index is 2.76. The molecule has 0 bridgehead atoms. The number of fused-ring (bicyclic) bond motifs is 1. The van der Waals surface area contributed by atoms with Gasteiger partial charge in [0.1, 0.15) is 0 Å². The zero-order valence-corrected chi connectivity index (χ0v) is 6.87. The number of terminal acetylenes is 1. The van der Waals surface area contributed by atoms with Gasteiger partial charge in [0.05, 0.1) is 0 Å². The normalized spacial score (nSPS) is 9.77. The summed E-state index contributed by atoms with van der Waals surface area (Å²) in [5, 5.41) is 0.911. The largest absolute Gasteiger partial charge is 0.360 e. The molecule has 2 rings (SSSR count). The van der Waals surface area contributed by atoms with Crippen molar-refractivity contribution in [2.45, 2.75) is 0 Å². The minimum absolute atomic E-state index is 0.665. The Labute approximate surface area is 75.6 Å². The third-order valence-corrected chi connectivity index (χ3v) is 2.01. The molecule has 1 aromatic heterocycles. The van der Waals surface area contributed by atoms with Gasteiger partial charge in [-0.2, -0.15) is 0 Å². The number of carbonyl (C=O) groups is 1. The Bertz CT molecular complexity index is 502. The maximum atomic E-state index is 10.6. The van der Waals surface area contributed by atoms with Crippen molar-refractivity contribution in [2.75, 3.05) is 0 Å². The lowest BCUT2D eigenvalue weighted by Crippen LogP contribution is -1.76. The lowest BCUT2D eigenvalue weighted by molar-refractivity contribution is 0.112. The number of hydrogen-bond donors (Lipinski definition) is 1. The van der Waals surface area contributed by atoms with Crippen LogP contribution in [0.4, 0.5) is 0 Å². The van der Waals surface area contributed by atoms with E-state index in [1.165, 1.54) is 0 Å². The molecule has 0 fully saturated rings. The minimum Gasteiger partial charge on any atom is -0.360 e. The van der Waals surface area contributed by atoms with E-state index >= 15 is 0 Å². The maximum absolute atomic E-state index is 10.6. The first kappa shape index (κ1) is 7.63. The molecule has 2 aromatic rings. The van der Waals surface area contributed by atoms with Crippen LogP contribution in [0.3, 0.4) is 0 Å². The SMILES string of the molecule is C#Cc1ccc2c(C=O)c[nH]c2c1. The summed E-state index contributed by atoms with van der Waals surface area (Å²) < 4.78 is 0. The van der Waals surface area contributed by atoms with Crippen LogP contribution >= 0.6 is 0 Å². The number of aromatic nitrogens is 1. The van der Waals surface area contributed by atoms with Gasteiger partial charge in [-0.15, -0.1) is 6.42 Å². The summed E-state index contributed by atoms with van der Waals surface area (Å²) in [7, 11) is 0. The summed E-state index contributed by atoms with van der Waals surface area (Å²) in [6.45, 7) is 0. The Hall–Kier alpha value is -2.01. The molecule has 0 spiro atoms. The number of H-pyrrole nitrogens is 1. The van der Waals surface area contributed by atoms with Gasteiger partial charge in [-0.1, -0.05) is 12.0 Å². The fraction of sp³-hybridized carbons (Fsp3) is 0. The highest BCUT2D eigenvalue weighted by Crippen LogP contribution is 2.17. The fourth-order valence-corrected chi connectivity index (χ4v) is 1.34. The second kappa shape index (κ2) is 2.80. The zero-order chi connectivity index (χ0) is 9.26. The van der Waals surface area contributed by atoms with Gasteiger partial charge in [0.2, 0.25) is 0 Å². The molecule has 0 unspecified atom stereocenters. The molecule has 0 amide bonds. The molecule has 1 N–H and O–H groups in total. The smallest absolute Gasteiger partial charge is 0.152 e. The van der Waals surface area contributed by atoms with Crippen molar-refractivity contribution >= 4 is 17.2 Å². The first-order chi connectivity index (χ1) is 6.35. The number of nitrogens with one attached hydrogen (secondary N) is 1. The molecular formula is C11H7NO. The molecule has 2 heteroatoms. The van der Waals surface area contributed by atoms with Crippen LogP contribution in [-0.4, -0.2) is 11.3 Å². The van der Waals surface area contributed by atoms with Crippen molar-refractivity contribution in [1.82, 2.24) is 4.98 Å². The van der Waals surface area contributed by atoms with Crippen LogP contribution in [-0.2, 0) is 0 Å². The van der Waals surface area contributed by atoms with E-state index in [2.05, 4.69) is 10.9 Å². The highest BCUT2D eigenvalue weighted by Gasteiger charge is 2.01. The van der Waals surface area contributed by atoms with Gasteiger partial charge in [-0.05, 0) is 12.1 Å². The highest BCUT2D eigenvalue weighted by molar-refractivity contribution is 5.97. The Morgan fingerprint density at radius 2 is 2.31 bits per heavy atom. The zero-order valence-electron chi connectivity index (χ0n) is 6.87. The Kier molecular flexibility index (Phi) is 1.64. The van der Waals surface area contributed by atoms with Crippen LogP contribution in [0.5, 0.6) is 0 Å². The number of rotatable bonds is 1. The van der Waals surface area contributed by atoms with Crippen LogP contribution in [0.25, 0.3) is 10.9 Å². The van der Waals surface area contributed by atoms with E-state index in [0.29, 0.717) is 5.56 Å². The molecule has 0 aliphatic rings. The first-order valence-corrected chi connectivity index (χ1v) is 3.88. The second-order valence-corrected chi connectivity index (χ2v) is 2.77. The summed E-state index contributed by atoms with van der Waals surface area (Å²) in [6, 6.07) is 5.52. The molecule has 0 atom stereocenters. The molecule has 1 heterocycles. The van der Waals surface area contributed by atoms with E-state index < -0.39 is 0 Å². The van der Waals surface area contributed by atoms with Crippen LogP contribution in [0.1, 0.15) is 15.9 Å². The predicted octanol–water partition coefficient (Wildman–Crippen LogP) is 1.96. The number of aldehydes is 1. The van der Waals surface area contributed by atoms with Crippen molar-refractivity contribution in [1.29, 1.82) is 0 Å². The number of benzene rings is 1. The highest BCUT2D eigenvalue weighted by atomic mass is 16.1. The van der Waals surface area contributed by atoms with Crippen molar-refractivity contribution in [3.8, 4) is 12.3 Å². The Morgan fingerprint density at radius 1 is 1.46 bits per heavy atom. The standard InChI is InChI=1S/C11H7NO/c1-2-8-3-4-10-9(7-13)6-12-11(10)5-8/h1,3-7,12H. The van der Waals surface area contributed by atoms with Crippen molar-refractivity contribution in [3.05, 3.63) is 35.5 Å². The molecule has 0 radical (unpaired) electrons. The van der Waals surface area contributed by atoms with E-state index in [9.17, 15) is 4.79 Å². The molecule has 0 saturated heterocycles. The number of aromatic amines is 1. The minimum atomic E-state index is 0.665.